The van der Waals surface area contributed by atoms with E-state index < -0.39 is 0 Å². The smallest absolute Gasteiger partial charge is 0.232 e. The molecule has 0 spiro atoms. The average molecular weight is 1760 g/mol. The van der Waals surface area contributed by atoms with Crippen molar-refractivity contribution in [2.24, 2.45) is 0 Å². The zero-order valence-electron chi connectivity index (χ0n) is 86.6. The molecule has 0 saturated carbocycles. The van der Waals surface area contributed by atoms with E-state index in [-0.39, 0.29) is 93.0 Å². The zero-order chi connectivity index (χ0) is 91.8. The summed E-state index contributed by atoms with van der Waals surface area (Å²) in [5.74, 6) is 7.70. The molecule has 5 saturated heterocycles. The van der Waals surface area contributed by atoms with Gasteiger partial charge in [-0.15, -0.1) is 0 Å². The van der Waals surface area contributed by atoms with Crippen molar-refractivity contribution in [2.45, 2.75) is 525 Å². The first kappa shape index (κ1) is 108. The van der Waals surface area contributed by atoms with Crippen LogP contribution in [0.15, 0.2) is 0 Å². The van der Waals surface area contributed by atoms with Crippen molar-refractivity contribution in [2.75, 3.05) is 129 Å². The average Bonchev–Trinajstić information content (AvgIpc) is 0.768. The Hall–Kier alpha value is -4.97. The maximum absolute atomic E-state index is 6.12. The van der Waals surface area contributed by atoms with Crippen molar-refractivity contribution in [1.29, 1.82) is 0 Å². The van der Waals surface area contributed by atoms with Gasteiger partial charge in [0.15, 0.2) is 0 Å². The Kier molecular flexibility index (Phi) is 41.7. The van der Waals surface area contributed by atoms with Crippen LogP contribution in [-0.4, -0.2) is 216 Å². The van der Waals surface area contributed by atoms with Crippen LogP contribution in [0.2, 0.25) is 0 Å². The van der Waals surface area contributed by atoms with Gasteiger partial charge in [0.2, 0.25) is 53.5 Å². The number of aromatic nitrogens is 9. The van der Waals surface area contributed by atoms with E-state index in [1.165, 1.54) is 0 Å². The zero-order valence-corrected chi connectivity index (χ0v) is 86.6. The molecule has 0 aromatic carbocycles. The molecule has 0 atom stereocenters. The molecule has 0 amide bonds. The molecule has 5 aliphatic rings. The van der Waals surface area contributed by atoms with Gasteiger partial charge in [-0.3, -0.25) is 0 Å². The Labute approximate surface area is 774 Å². The normalized spacial score (nSPS) is 20.2. The fourth-order valence-corrected chi connectivity index (χ4v) is 23.1. The van der Waals surface area contributed by atoms with E-state index in [4.69, 9.17) is 44.9 Å². The summed E-state index contributed by atoms with van der Waals surface area (Å²) >= 11 is 0. The topological polar surface area (TPSA) is 205 Å². The second kappa shape index (κ2) is 48.6. The van der Waals surface area contributed by atoms with Crippen molar-refractivity contribution < 1.29 is 0 Å². The standard InChI is InChI=1S/C102H195N23.CH4/c1-30-39-56-117(57-40-31-2)84-103-85(118(58-41-32-3)59-42-33-4)106-88(105-84)122(80-71-95(14,15)113-96(16,17)72-80)65-52-48-50-54-67-124(82-75-99(22,23)115-100(24,25)76-82)91-109-90(121(64-47-38-9)79-69-93(10,11)112-94(12,13)70-79)110-92(111-91)125(83-77-101(26,27)116-102(28,29)78-83)68-55-51-49-53-66-123(81-73-97(18,19)114-98(20,21)74-81)89-107-86(119(60-43-34-5)61-44-35-6)104-87(108-89)120(62-45-36-7)63-46-37-8;/h79-83,112-116H,30-78H2,1-29H3;1H4. The molecule has 23 heteroatoms. The number of anilines is 9. The first-order valence-electron chi connectivity index (χ1n) is 51.9. The Morgan fingerprint density at radius 1 is 0.183 bits per heavy atom. The Balaban J connectivity index is 0.0000218. The molecule has 126 heavy (non-hydrogen) atoms. The molecule has 23 nitrogen and oxygen atoms in total. The van der Waals surface area contributed by atoms with E-state index >= 15 is 0 Å². The summed E-state index contributed by atoms with van der Waals surface area (Å²) in [4.78, 5) is 75.3. The molecule has 0 bridgehead atoms. The molecule has 5 aliphatic heterocycles. The van der Waals surface area contributed by atoms with Crippen LogP contribution >= 0.6 is 0 Å². The summed E-state index contributed by atoms with van der Waals surface area (Å²) < 4.78 is 0. The van der Waals surface area contributed by atoms with Gasteiger partial charge >= 0.3 is 0 Å². The van der Waals surface area contributed by atoms with E-state index in [1.807, 2.05) is 0 Å². The largest absolute Gasteiger partial charge is 0.341 e. The monoisotopic (exact) mass is 1760 g/mol. The third-order valence-corrected chi connectivity index (χ3v) is 27.4. The fraction of sp³-hybridized carbons (Fsp3) is 0.913. The van der Waals surface area contributed by atoms with Crippen LogP contribution < -0.4 is 70.7 Å². The van der Waals surface area contributed by atoms with Gasteiger partial charge in [-0.1, -0.05) is 153 Å². The lowest BCUT2D eigenvalue weighted by atomic mass is 9.79. The van der Waals surface area contributed by atoms with Crippen molar-refractivity contribution in [3.8, 4) is 0 Å². The van der Waals surface area contributed by atoms with Gasteiger partial charge in [-0.2, -0.15) is 44.9 Å². The van der Waals surface area contributed by atoms with Crippen LogP contribution in [-0.2, 0) is 0 Å². The minimum atomic E-state index is -0.119. The molecule has 3 aromatic heterocycles. The molecule has 726 valence electrons. The second-order valence-electron chi connectivity index (χ2n) is 46.4. The van der Waals surface area contributed by atoms with Crippen LogP contribution in [0, 0.1) is 0 Å². The first-order valence-corrected chi connectivity index (χ1v) is 51.9. The minimum Gasteiger partial charge on any atom is -0.341 e. The van der Waals surface area contributed by atoms with E-state index in [9.17, 15) is 0 Å². The molecular weight excluding hydrogens is 1560 g/mol. The van der Waals surface area contributed by atoms with Crippen LogP contribution in [0.5, 0.6) is 0 Å². The van der Waals surface area contributed by atoms with Crippen LogP contribution in [0.3, 0.4) is 0 Å². The predicted octanol–water partition coefficient (Wildman–Crippen LogP) is 22.4. The summed E-state index contributed by atoms with van der Waals surface area (Å²) in [6.07, 6.45) is 38.4. The lowest BCUT2D eigenvalue weighted by Gasteiger charge is -2.51. The van der Waals surface area contributed by atoms with Gasteiger partial charge in [0.1, 0.15) is 0 Å². The number of piperidine rings is 5. The highest BCUT2D eigenvalue weighted by molar-refractivity contribution is 5.52. The lowest BCUT2D eigenvalue weighted by Crippen LogP contribution is -2.63. The molecule has 8 heterocycles. The number of nitrogens with one attached hydrogen (secondary N) is 5. The highest BCUT2D eigenvalue weighted by Gasteiger charge is 2.48. The highest BCUT2D eigenvalue weighted by Crippen LogP contribution is 2.42. The van der Waals surface area contributed by atoms with Crippen LogP contribution in [0.4, 0.5) is 53.5 Å². The number of hydrogen-bond acceptors (Lipinski definition) is 23. The van der Waals surface area contributed by atoms with Gasteiger partial charge in [-0.25, -0.2) is 0 Å². The van der Waals surface area contributed by atoms with Gasteiger partial charge in [-0.05, 0) is 286 Å². The highest BCUT2D eigenvalue weighted by atomic mass is 15.4. The molecule has 0 aliphatic carbocycles. The Morgan fingerprint density at radius 2 is 0.302 bits per heavy atom. The van der Waals surface area contributed by atoms with Crippen LogP contribution in [0.1, 0.15) is 439 Å². The Bertz CT molecular complexity index is 3220. The van der Waals surface area contributed by atoms with E-state index in [0.717, 1.165) is 370 Å². The summed E-state index contributed by atoms with van der Waals surface area (Å²) in [6, 6.07) is 1.10. The van der Waals surface area contributed by atoms with Crippen molar-refractivity contribution in [3.05, 3.63) is 0 Å². The Morgan fingerprint density at radius 3 is 0.444 bits per heavy atom. The van der Waals surface area contributed by atoms with Crippen LogP contribution in [0.25, 0.3) is 0 Å². The third-order valence-electron chi connectivity index (χ3n) is 27.4. The van der Waals surface area contributed by atoms with Gasteiger partial charge < -0.3 is 70.7 Å². The summed E-state index contributed by atoms with van der Waals surface area (Å²) in [5, 5.41) is 20.4. The van der Waals surface area contributed by atoms with Gasteiger partial charge in [0.25, 0.3) is 0 Å². The molecule has 8 rings (SSSR count). The molecule has 5 fully saturated rings. The van der Waals surface area contributed by atoms with Gasteiger partial charge in [0, 0.05) is 171 Å². The molecule has 0 unspecified atom stereocenters. The first-order chi connectivity index (χ1) is 58.8. The molecule has 3 aromatic rings. The SMILES string of the molecule is C.CCCCN(CCCC)c1nc(N(CCCC)CCCC)nc(N(CCCCCCN(c2nc(N(CCCC)C3CC(C)(C)NC(C)(C)C3)nc(N(CCCCCCN(c3nc(N(CCCC)CCCC)nc(N(CCCC)CCCC)n3)C3CC(C)(C)NC(C)(C)C3)C3CC(C)(C)NC(C)(C)C3)n2)C2CC(C)(C)NC(C)(C)C2)C2CC(C)(C)NC(C)(C)C2)n1. The summed E-state index contributed by atoms with van der Waals surface area (Å²) in [7, 11) is 0. The summed E-state index contributed by atoms with van der Waals surface area (Å²) in [5.41, 5.74) is -0.918. The molecular formula is C103H199N23. The maximum Gasteiger partial charge on any atom is 0.232 e. The molecule has 5 N–H and O–H groups in total. The predicted molar refractivity (Wildman–Crippen MR) is 544 cm³/mol. The van der Waals surface area contributed by atoms with Crippen molar-refractivity contribution in [1.82, 2.24) is 71.4 Å². The van der Waals surface area contributed by atoms with Crippen molar-refractivity contribution in [3.63, 3.8) is 0 Å². The van der Waals surface area contributed by atoms with E-state index in [0.29, 0.717) is 0 Å². The third kappa shape index (κ3) is 33.9. The van der Waals surface area contributed by atoms with Gasteiger partial charge in [0.05, 0.1) is 0 Å². The number of rotatable bonds is 55. The minimum absolute atomic E-state index is 0. The maximum atomic E-state index is 6.12. The quantitative estimate of drug-likeness (QED) is 0.0333. The molecule has 0 radical (unpaired) electrons. The van der Waals surface area contributed by atoms with Crippen molar-refractivity contribution >= 4 is 53.5 Å². The number of hydrogen-bond donors (Lipinski definition) is 5. The number of nitrogens with zero attached hydrogens (tertiary/aromatic N) is 18. The summed E-state index contributed by atoms with van der Waals surface area (Å²) in [6.45, 7) is 81.1. The number of unbranched alkanes of at least 4 members (excludes halogenated alkanes) is 15. The lowest BCUT2D eigenvalue weighted by molar-refractivity contribution is 0.155. The fourth-order valence-electron chi connectivity index (χ4n) is 23.1. The van der Waals surface area contributed by atoms with E-state index in [1.54, 1.807) is 0 Å². The van der Waals surface area contributed by atoms with E-state index in [2.05, 4.69) is 271 Å². The second-order valence-corrected chi connectivity index (χ2v) is 46.4.